The van der Waals surface area contributed by atoms with Crippen LogP contribution in [0.2, 0.25) is 0 Å². The lowest BCUT2D eigenvalue weighted by Gasteiger charge is -2.26. The highest BCUT2D eigenvalue weighted by molar-refractivity contribution is 8.13. The SMILES string of the molecule is COCC(C)Oc1cc(C)c(S(=O)(=O)Cl)cc1C(C)(C)C. The first kappa shape index (κ1) is 18.3. The third kappa shape index (κ3) is 4.87. The molecule has 1 atom stereocenters. The van der Waals surface area contributed by atoms with Gasteiger partial charge in [0.2, 0.25) is 0 Å². The minimum absolute atomic E-state index is 0.126. The fourth-order valence-corrected chi connectivity index (χ4v) is 3.29. The normalized spacial score (nSPS) is 14.0. The summed E-state index contributed by atoms with van der Waals surface area (Å²) in [6.07, 6.45) is -0.131. The lowest BCUT2D eigenvalue weighted by atomic mass is 9.86. The minimum atomic E-state index is -3.78. The van der Waals surface area contributed by atoms with Crippen molar-refractivity contribution in [3.63, 3.8) is 0 Å². The first-order valence-electron chi connectivity index (χ1n) is 6.72. The molecule has 4 nitrogen and oxygen atoms in total. The van der Waals surface area contributed by atoms with Crippen LogP contribution < -0.4 is 4.74 Å². The van der Waals surface area contributed by atoms with Crippen LogP contribution >= 0.6 is 10.7 Å². The van der Waals surface area contributed by atoms with Crippen molar-refractivity contribution < 1.29 is 17.9 Å². The number of methoxy groups -OCH3 is 1. The maximum Gasteiger partial charge on any atom is 0.261 e. The molecule has 0 radical (unpaired) electrons. The number of hydrogen-bond acceptors (Lipinski definition) is 4. The summed E-state index contributed by atoms with van der Waals surface area (Å²) in [6, 6.07) is 3.33. The van der Waals surface area contributed by atoms with E-state index in [2.05, 4.69) is 0 Å². The number of halogens is 1. The number of hydrogen-bond donors (Lipinski definition) is 0. The van der Waals surface area contributed by atoms with Gasteiger partial charge < -0.3 is 9.47 Å². The van der Waals surface area contributed by atoms with Crippen molar-refractivity contribution in [3.8, 4) is 5.75 Å². The summed E-state index contributed by atoms with van der Waals surface area (Å²) in [5, 5.41) is 0. The van der Waals surface area contributed by atoms with Crippen LogP contribution in [0.3, 0.4) is 0 Å². The van der Waals surface area contributed by atoms with Crippen molar-refractivity contribution in [2.75, 3.05) is 13.7 Å². The second kappa shape index (κ2) is 6.55. The minimum Gasteiger partial charge on any atom is -0.488 e. The summed E-state index contributed by atoms with van der Waals surface area (Å²) in [7, 11) is 3.34. The third-order valence-corrected chi connectivity index (χ3v) is 4.54. The molecule has 0 saturated heterocycles. The van der Waals surface area contributed by atoms with Crippen LogP contribution in [-0.2, 0) is 19.2 Å². The number of benzene rings is 1. The van der Waals surface area contributed by atoms with E-state index in [1.165, 1.54) is 0 Å². The predicted octanol–water partition coefficient (Wildman–Crippen LogP) is 3.63. The van der Waals surface area contributed by atoms with Crippen LogP contribution in [0, 0.1) is 6.92 Å². The van der Waals surface area contributed by atoms with Crippen LogP contribution in [0.5, 0.6) is 5.75 Å². The molecule has 0 aliphatic rings. The molecule has 0 aliphatic heterocycles. The zero-order chi connectivity index (χ0) is 16.4. The summed E-state index contributed by atoms with van der Waals surface area (Å²) < 4.78 is 34.3. The Labute approximate surface area is 131 Å². The highest BCUT2D eigenvalue weighted by atomic mass is 35.7. The van der Waals surface area contributed by atoms with E-state index in [0.717, 1.165) is 5.56 Å². The van der Waals surface area contributed by atoms with Crippen molar-refractivity contribution in [3.05, 3.63) is 23.3 Å². The monoisotopic (exact) mass is 334 g/mol. The van der Waals surface area contributed by atoms with E-state index in [9.17, 15) is 8.42 Å². The lowest BCUT2D eigenvalue weighted by molar-refractivity contribution is 0.0906. The molecule has 0 amide bonds. The van der Waals surface area contributed by atoms with E-state index in [-0.39, 0.29) is 16.4 Å². The van der Waals surface area contributed by atoms with Gasteiger partial charge in [0.1, 0.15) is 11.9 Å². The lowest BCUT2D eigenvalue weighted by Crippen LogP contribution is -2.22. The van der Waals surface area contributed by atoms with Gasteiger partial charge in [-0.25, -0.2) is 8.42 Å². The summed E-state index contributed by atoms with van der Waals surface area (Å²) >= 11 is 0. The second-order valence-corrected chi connectivity index (χ2v) is 8.72. The summed E-state index contributed by atoms with van der Waals surface area (Å²) in [4.78, 5) is 0.126. The molecule has 1 rings (SSSR count). The number of rotatable bonds is 5. The van der Waals surface area contributed by atoms with Crippen molar-refractivity contribution in [2.45, 2.75) is 51.0 Å². The van der Waals surface area contributed by atoms with Gasteiger partial charge in [-0.1, -0.05) is 20.8 Å². The van der Waals surface area contributed by atoms with Crippen LogP contribution in [0.25, 0.3) is 0 Å². The van der Waals surface area contributed by atoms with Crippen molar-refractivity contribution >= 4 is 19.7 Å². The van der Waals surface area contributed by atoms with E-state index >= 15 is 0 Å². The third-order valence-electron chi connectivity index (χ3n) is 3.08. The zero-order valence-corrected chi connectivity index (χ0v) is 14.9. The maximum absolute atomic E-state index is 11.7. The van der Waals surface area contributed by atoms with Gasteiger partial charge in [-0.3, -0.25) is 0 Å². The predicted molar refractivity (Wildman–Crippen MR) is 84.9 cm³/mol. The molecule has 1 unspecified atom stereocenters. The maximum atomic E-state index is 11.7. The molecule has 6 heteroatoms. The Morgan fingerprint density at radius 2 is 1.86 bits per heavy atom. The summed E-state index contributed by atoms with van der Waals surface area (Å²) in [6.45, 7) is 10.0. The molecule has 0 N–H and O–H groups in total. The van der Waals surface area contributed by atoms with Gasteiger partial charge in [-0.15, -0.1) is 0 Å². The summed E-state index contributed by atoms with van der Waals surface area (Å²) in [5.74, 6) is 0.661. The highest BCUT2D eigenvalue weighted by Crippen LogP contribution is 2.36. The standard InChI is InChI=1S/C15H23ClO4S/c1-10-7-13(20-11(2)9-19-6)12(15(3,4)5)8-14(10)21(16,17)18/h7-8,11H,9H2,1-6H3. The molecule has 1 aromatic rings. The van der Waals surface area contributed by atoms with Gasteiger partial charge in [-0.2, -0.15) is 0 Å². The van der Waals surface area contributed by atoms with Gasteiger partial charge in [0.15, 0.2) is 0 Å². The Balaban J connectivity index is 3.41. The molecule has 0 aromatic heterocycles. The summed E-state index contributed by atoms with van der Waals surface area (Å²) in [5.41, 5.74) is 1.10. The Bertz CT molecular complexity index is 603. The molecule has 21 heavy (non-hydrogen) atoms. The van der Waals surface area contributed by atoms with E-state index in [0.29, 0.717) is 17.9 Å². The Morgan fingerprint density at radius 3 is 2.29 bits per heavy atom. The molecule has 0 spiro atoms. The number of aryl methyl sites for hydroxylation is 1. The van der Waals surface area contributed by atoms with Gasteiger partial charge in [0.25, 0.3) is 9.05 Å². The Morgan fingerprint density at radius 1 is 1.29 bits per heavy atom. The van der Waals surface area contributed by atoms with Gasteiger partial charge in [0.05, 0.1) is 11.5 Å². The molecule has 0 aliphatic carbocycles. The van der Waals surface area contributed by atoms with Crippen LogP contribution in [-0.4, -0.2) is 28.2 Å². The molecular weight excluding hydrogens is 312 g/mol. The van der Waals surface area contributed by atoms with Crippen LogP contribution in [0.1, 0.15) is 38.8 Å². The fourth-order valence-electron chi connectivity index (χ4n) is 2.09. The van der Waals surface area contributed by atoms with Gasteiger partial charge in [-0.05, 0) is 37.0 Å². The molecule has 0 heterocycles. The van der Waals surface area contributed by atoms with Gasteiger partial charge in [0, 0.05) is 23.4 Å². The Kier molecular flexibility index (Phi) is 5.69. The molecule has 120 valence electrons. The molecule has 0 fully saturated rings. The van der Waals surface area contributed by atoms with E-state index in [1.54, 1.807) is 26.2 Å². The smallest absolute Gasteiger partial charge is 0.261 e. The fraction of sp³-hybridized carbons (Fsp3) is 0.600. The Hall–Kier alpha value is -0.780. The van der Waals surface area contributed by atoms with Crippen LogP contribution in [0.4, 0.5) is 0 Å². The first-order chi connectivity index (χ1) is 9.46. The largest absolute Gasteiger partial charge is 0.488 e. The van der Waals surface area contributed by atoms with Crippen LogP contribution in [0.15, 0.2) is 17.0 Å². The molecule has 0 saturated carbocycles. The molecule has 0 bridgehead atoms. The average molecular weight is 335 g/mol. The van der Waals surface area contributed by atoms with Crippen molar-refractivity contribution in [1.29, 1.82) is 0 Å². The van der Waals surface area contributed by atoms with Crippen molar-refractivity contribution in [1.82, 2.24) is 0 Å². The van der Waals surface area contributed by atoms with Gasteiger partial charge >= 0.3 is 0 Å². The van der Waals surface area contributed by atoms with E-state index < -0.39 is 9.05 Å². The first-order valence-corrected chi connectivity index (χ1v) is 9.03. The molecule has 1 aromatic carbocycles. The number of ether oxygens (including phenoxy) is 2. The van der Waals surface area contributed by atoms with E-state index in [4.69, 9.17) is 20.2 Å². The van der Waals surface area contributed by atoms with Crippen molar-refractivity contribution in [2.24, 2.45) is 0 Å². The van der Waals surface area contributed by atoms with E-state index in [1.807, 2.05) is 27.7 Å². The molecular formula is C15H23ClO4S. The second-order valence-electron chi connectivity index (χ2n) is 6.19. The zero-order valence-electron chi connectivity index (χ0n) is 13.4. The quantitative estimate of drug-likeness (QED) is 0.771. The highest BCUT2D eigenvalue weighted by Gasteiger charge is 2.25. The topological polar surface area (TPSA) is 52.6 Å². The average Bonchev–Trinajstić information content (AvgIpc) is 2.25.